The van der Waals surface area contributed by atoms with Gasteiger partial charge in [0.1, 0.15) is 16.5 Å². The van der Waals surface area contributed by atoms with E-state index in [0.717, 1.165) is 35.2 Å². The summed E-state index contributed by atoms with van der Waals surface area (Å²) >= 11 is 1.82. The van der Waals surface area contributed by atoms with Crippen LogP contribution in [0.5, 0.6) is 0 Å². The minimum absolute atomic E-state index is 0.167. The lowest BCUT2D eigenvalue weighted by molar-refractivity contribution is 0.384. The highest BCUT2D eigenvalue weighted by Crippen LogP contribution is 2.41. The highest BCUT2D eigenvalue weighted by atomic mass is 32.2. The quantitative estimate of drug-likeness (QED) is 0.801. The van der Waals surface area contributed by atoms with Crippen LogP contribution in [0.15, 0.2) is 0 Å². The molecule has 26 heavy (non-hydrogen) atoms. The zero-order valence-corrected chi connectivity index (χ0v) is 17.3. The number of piperazine rings is 1. The Bertz CT molecular complexity index is 930. The zero-order chi connectivity index (χ0) is 18.5. The van der Waals surface area contributed by atoms with Gasteiger partial charge in [-0.15, -0.1) is 11.3 Å². The fourth-order valence-electron chi connectivity index (χ4n) is 4.02. The lowest BCUT2D eigenvalue weighted by Gasteiger charge is -2.35. The summed E-state index contributed by atoms with van der Waals surface area (Å²) in [5, 5.41) is 1.22. The molecule has 0 radical (unpaired) electrons. The molecule has 2 aromatic rings. The average Bonchev–Trinajstić information content (AvgIpc) is 2.98. The molecule has 8 heteroatoms. The Morgan fingerprint density at radius 2 is 1.92 bits per heavy atom. The van der Waals surface area contributed by atoms with Crippen LogP contribution < -0.4 is 4.90 Å². The van der Waals surface area contributed by atoms with Crippen molar-refractivity contribution in [2.75, 3.05) is 36.8 Å². The van der Waals surface area contributed by atoms with Crippen LogP contribution in [0.2, 0.25) is 0 Å². The van der Waals surface area contributed by atoms with Crippen molar-refractivity contribution in [3.63, 3.8) is 0 Å². The Kier molecular flexibility index (Phi) is 4.69. The summed E-state index contributed by atoms with van der Waals surface area (Å²) in [6.45, 7) is 8.41. The van der Waals surface area contributed by atoms with Crippen molar-refractivity contribution in [1.82, 2.24) is 14.3 Å². The Balaban J connectivity index is 1.69. The number of aryl methyl sites for hydroxylation is 2. The Morgan fingerprint density at radius 1 is 1.19 bits per heavy atom. The first kappa shape index (κ1) is 18.1. The number of sulfonamides is 1. The summed E-state index contributed by atoms with van der Waals surface area (Å²) in [6.07, 6.45) is 3.45. The first-order valence-electron chi connectivity index (χ1n) is 9.40. The molecule has 3 heterocycles. The van der Waals surface area contributed by atoms with Crippen LogP contribution in [0.4, 0.5) is 5.82 Å². The molecule has 0 amide bonds. The van der Waals surface area contributed by atoms with Crippen LogP contribution in [0.1, 0.15) is 36.5 Å². The third kappa shape index (κ3) is 3.12. The molecule has 0 bridgehead atoms. The topological polar surface area (TPSA) is 66.4 Å². The Labute approximate surface area is 159 Å². The second-order valence-electron chi connectivity index (χ2n) is 7.41. The van der Waals surface area contributed by atoms with E-state index in [2.05, 4.69) is 11.8 Å². The second-order valence-corrected chi connectivity index (χ2v) is 10.8. The molecule has 2 aliphatic rings. The largest absolute Gasteiger partial charge is 0.353 e. The van der Waals surface area contributed by atoms with Crippen LogP contribution in [0.3, 0.4) is 0 Å². The third-order valence-corrected chi connectivity index (χ3v) is 8.57. The molecule has 1 atom stereocenters. The van der Waals surface area contributed by atoms with Crippen molar-refractivity contribution < 1.29 is 8.42 Å². The highest BCUT2D eigenvalue weighted by molar-refractivity contribution is 7.89. The fourth-order valence-corrected chi connectivity index (χ4v) is 6.52. The van der Waals surface area contributed by atoms with Crippen LogP contribution in [-0.2, 0) is 22.9 Å². The number of fused-ring (bicyclic) bond motifs is 3. The van der Waals surface area contributed by atoms with E-state index in [1.807, 2.05) is 18.3 Å². The van der Waals surface area contributed by atoms with Gasteiger partial charge in [0, 0.05) is 31.1 Å². The van der Waals surface area contributed by atoms with E-state index in [0.29, 0.717) is 26.2 Å². The molecule has 1 fully saturated rings. The summed E-state index contributed by atoms with van der Waals surface area (Å²) in [5.41, 5.74) is 1.43. The fraction of sp³-hybridized carbons (Fsp3) is 0.667. The van der Waals surface area contributed by atoms with Crippen LogP contribution >= 0.6 is 11.3 Å². The maximum absolute atomic E-state index is 12.1. The summed E-state index contributed by atoms with van der Waals surface area (Å²) in [6, 6.07) is 0. The molecule has 2 aromatic heterocycles. The number of thiophene rings is 1. The molecular weight excluding hydrogens is 368 g/mol. The maximum atomic E-state index is 12.1. The molecule has 0 saturated carbocycles. The van der Waals surface area contributed by atoms with Crippen molar-refractivity contribution >= 4 is 37.4 Å². The van der Waals surface area contributed by atoms with Gasteiger partial charge in [-0.2, -0.15) is 4.31 Å². The second kappa shape index (κ2) is 6.73. The molecule has 1 saturated heterocycles. The molecule has 142 valence electrons. The molecule has 0 unspecified atom stereocenters. The van der Waals surface area contributed by atoms with E-state index >= 15 is 0 Å². The van der Waals surface area contributed by atoms with Gasteiger partial charge in [-0.1, -0.05) is 6.92 Å². The van der Waals surface area contributed by atoms with Crippen molar-refractivity contribution in [3.8, 4) is 0 Å². The van der Waals surface area contributed by atoms with Gasteiger partial charge in [-0.05, 0) is 44.6 Å². The minimum atomic E-state index is -3.11. The highest BCUT2D eigenvalue weighted by Gasteiger charge is 2.29. The minimum Gasteiger partial charge on any atom is -0.353 e. The molecule has 1 aliphatic heterocycles. The van der Waals surface area contributed by atoms with Gasteiger partial charge in [0.15, 0.2) is 0 Å². The van der Waals surface area contributed by atoms with Gasteiger partial charge >= 0.3 is 0 Å². The summed E-state index contributed by atoms with van der Waals surface area (Å²) in [5.74, 6) is 2.70. The first-order chi connectivity index (χ1) is 12.4. The SMILES string of the molecule is CCS(=O)(=O)N1CCN(c2nc(C)nc3sc4c(c23)CC[C@@H](C)C4)CC1. The number of rotatable bonds is 3. The molecule has 0 spiro atoms. The van der Waals surface area contributed by atoms with E-state index in [-0.39, 0.29) is 5.75 Å². The van der Waals surface area contributed by atoms with Crippen molar-refractivity contribution in [1.29, 1.82) is 0 Å². The monoisotopic (exact) mass is 394 g/mol. The van der Waals surface area contributed by atoms with Gasteiger partial charge in [0.05, 0.1) is 11.1 Å². The average molecular weight is 395 g/mol. The molecule has 4 rings (SSSR count). The van der Waals surface area contributed by atoms with E-state index in [4.69, 9.17) is 9.97 Å². The van der Waals surface area contributed by atoms with Crippen LogP contribution in [0.25, 0.3) is 10.2 Å². The van der Waals surface area contributed by atoms with E-state index < -0.39 is 10.0 Å². The van der Waals surface area contributed by atoms with Gasteiger partial charge in [-0.25, -0.2) is 18.4 Å². The molecular formula is C18H26N4O2S2. The van der Waals surface area contributed by atoms with E-state index in [1.165, 1.54) is 22.2 Å². The van der Waals surface area contributed by atoms with Gasteiger partial charge < -0.3 is 4.90 Å². The molecule has 6 nitrogen and oxygen atoms in total. The summed E-state index contributed by atoms with van der Waals surface area (Å²) in [4.78, 5) is 14.3. The third-order valence-electron chi connectivity index (χ3n) is 5.54. The van der Waals surface area contributed by atoms with E-state index in [1.54, 1.807) is 11.2 Å². The number of nitrogens with zero attached hydrogens (tertiary/aromatic N) is 4. The standard InChI is InChI=1S/C18H26N4O2S2/c1-4-26(23,24)22-9-7-21(8-10-22)17-16-14-6-5-12(2)11-15(14)25-18(16)20-13(3)19-17/h12H,4-11H2,1-3H3/t12-/m1/s1. The predicted molar refractivity (Wildman–Crippen MR) is 107 cm³/mol. The first-order valence-corrected chi connectivity index (χ1v) is 11.8. The number of hydrogen-bond donors (Lipinski definition) is 0. The Hall–Kier alpha value is -1.25. The maximum Gasteiger partial charge on any atom is 0.213 e. The van der Waals surface area contributed by atoms with Crippen molar-refractivity contribution in [2.45, 2.75) is 40.0 Å². The summed E-state index contributed by atoms with van der Waals surface area (Å²) in [7, 11) is -3.11. The molecule has 0 N–H and O–H groups in total. The number of aromatic nitrogens is 2. The Morgan fingerprint density at radius 3 is 2.62 bits per heavy atom. The smallest absolute Gasteiger partial charge is 0.213 e. The predicted octanol–water partition coefficient (Wildman–Crippen LogP) is 2.60. The normalized spacial score (nSPS) is 22.0. The number of anilines is 1. The number of hydrogen-bond acceptors (Lipinski definition) is 6. The zero-order valence-electron chi connectivity index (χ0n) is 15.7. The van der Waals surface area contributed by atoms with Gasteiger partial charge in [0.25, 0.3) is 0 Å². The van der Waals surface area contributed by atoms with Crippen LogP contribution in [0, 0.1) is 12.8 Å². The van der Waals surface area contributed by atoms with Gasteiger partial charge in [0.2, 0.25) is 10.0 Å². The van der Waals surface area contributed by atoms with Crippen LogP contribution in [-0.4, -0.2) is 54.6 Å². The lowest BCUT2D eigenvalue weighted by Crippen LogP contribution is -2.49. The lowest BCUT2D eigenvalue weighted by atomic mass is 9.89. The van der Waals surface area contributed by atoms with Crippen molar-refractivity contribution in [3.05, 3.63) is 16.3 Å². The molecule has 1 aliphatic carbocycles. The van der Waals surface area contributed by atoms with E-state index in [9.17, 15) is 8.42 Å². The van der Waals surface area contributed by atoms with Crippen molar-refractivity contribution in [2.24, 2.45) is 5.92 Å². The molecule has 0 aromatic carbocycles. The summed E-state index contributed by atoms with van der Waals surface area (Å²) < 4.78 is 25.9. The van der Waals surface area contributed by atoms with Gasteiger partial charge in [-0.3, -0.25) is 0 Å².